The van der Waals surface area contributed by atoms with Gasteiger partial charge in [-0.15, -0.1) is 0 Å². The Bertz CT molecular complexity index is 1400. The normalized spacial score (nSPS) is 13.9. The lowest BCUT2D eigenvalue weighted by atomic mass is 9.86. The summed E-state index contributed by atoms with van der Waals surface area (Å²) in [6.45, 7) is 3.95. The number of fused-ring (bicyclic) bond motifs is 1. The van der Waals surface area contributed by atoms with E-state index in [2.05, 4.69) is 47.1 Å². The Hall–Kier alpha value is -3.80. The minimum absolute atomic E-state index is 0.337. The van der Waals surface area contributed by atoms with Gasteiger partial charge in [-0.25, -0.2) is 9.78 Å². The highest BCUT2D eigenvalue weighted by molar-refractivity contribution is 5.80. The van der Waals surface area contributed by atoms with Crippen LogP contribution >= 0.6 is 0 Å². The van der Waals surface area contributed by atoms with Crippen LogP contribution in [0.3, 0.4) is 0 Å². The van der Waals surface area contributed by atoms with E-state index in [0.29, 0.717) is 5.75 Å². The first kappa shape index (κ1) is 27.8. The Labute approximate surface area is 237 Å². The van der Waals surface area contributed by atoms with E-state index in [1.807, 2.05) is 24.3 Å². The number of aromatic nitrogens is 2. The molecule has 2 N–H and O–H groups in total. The molecule has 0 saturated heterocycles. The second-order valence-corrected chi connectivity index (χ2v) is 11.1. The number of hydrogen-bond donors (Lipinski definition) is 2. The van der Waals surface area contributed by atoms with Crippen molar-refractivity contribution in [2.45, 2.75) is 77.7 Å². The van der Waals surface area contributed by atoms with Gasteiger partial charge in [0.25, 0.3) is 0 Å². The topological polar surface area (TPSA) is 76.4 Å². The average Bonchev–Trinajstić information content (AvgIpc) is 3.31. The number of rotatable bonds is 12. The zero-order chi connectivity index (χ0) is 27.7. The number of carbonyl (C=O) groups is 1. The van der Waals surface area contributed by atoms with Gasteiger partial charge in [-0.05, 0) is 60.6 Å². The molecule has 0 atom stereocenters. The second-order valence-electron chi connectivity index (χ2n) is 11.1. The standard InChI is InChI=1S/C34H41N3O3/c1-2-3-15-33-36-30-21-20-28(35-22-9-12-25-10-5-4-6-11-25)23-31(30)37(33)24-26-16-18-27(19-17-26)29-13-7-8-14-32(29)40-34(38)39/h7-8,13-14,16-21,23,25,35H,2-6,9-12,15,22,24H2,1H3,(H,38,39). The van der Waals surface area contributed by atoms with Crippen molar-refractivity contribution in [2.75, 3.05) is 11.9 Å². The minimum Gasteiger partial charge on any atom is -0.449 e. The molecular formula is C34H41N3O3. The van der Waals surface area contributed by atoms with Crippen LogP contribution in [0.4, 0.5) is 10.5 Å². The van der Waals surface area contributed by atoms with Gasteiger partial charge in [0, 0.05) is 30.8 Å². The van der Waals surface area contributed by atoms with Crippen molar-refractivity contribution in [1.82, 2.24) is 9.55 Å². The number of ether oxygens (including phenoxy) is 1. The molecule has 3 aromatic carbocycles. The van der Waals surface area contributed by atoms with E-state index < -0.39 is 6.16 Å². The highest BCUT2D eigenvalue weighted by atomic mass is 16.7. The molecule has 1 aliphatic carbocycles. The summed E-state index contributed by atoms with van der Waals surface area (Å²) in [4.78, 5) is 16.1. The van der Waals surface area contributed by atoms with Crippen LogP contribution < -0.4 is 10.1 Å². The van der Waals surface area contributed by atoms with Crippen LogP contribution in [0.15, 0.2) is 66.7 Å². The Morgan fingerprint density at radius 2 is 1.82 bits per heavy atom. The van der Waals surface area contributed by atoms with E-state index in [4.69, 9.17) is 14.8 Å². The molecule has 0 aliphatic heterocycles. The molecule has 1 aromatic heterocycles. The molecule has 0 bridgehead atoms. The van der Waals surface area contributed by atoms with Gasteiger partial charge in [-0.2, -0.15) is 0 Å². The molecule has 1 aliphatic rings. The molecule has 0 radical (unpaired) electrons. The summed E-state index contributed by atoms with van der Waals surface area (Å²) >= 11 is 0. The zero-order valence-corrected chi connectivity index (χ0v) is 23.6. The maximum atomic E-state index is 11.1. The van der Waals surface area contributed by atoms with Crippen molar-refractivity contribution < 1.29 is 14.6 Å². The van der Waals surface area contributed by atoms with Crippen molar-refractivity contribution >= 4 is 22.9 Å². The third kappa shape index (κ3) is 7.04. The molecule has 40 heavy (non-hydrogen) atoms. The molecule has 0 unspecified atom stereocenters. The lowest BCUT2D eigenvalue weighted by Gasteiger charge is -2.21. The SMILES string of the molecule is CCCCc1nc2ccc(NCCCC3CCCCC3)cc2n1Cc1ccc(-c2ccccc2OC(=O)O)cc1. The van der Waals surface area contributed by atoms with Crippen LogP contribution in [-0.4, -0.2) is 27.4 Å². The lowest BCUT2D eigenvalue weighted by molar-refractivity contribution is 0.144. The van der Waals surface area contributed by atoms with E-state index in [9.17, 15) is 4.79 Å². The average molecular weight is 540 g/mol. The molecule has 5 rings (SSSR count). The molecular weight excluding hydrogens is 498 g/mol. The van der Waals surface area contributed by atoms with Crippen LogP contribution in [0, 0.1) is 5.92 Å². The number of unbranched alkanes of at least 4 members (excludes halogenated alkanes) is 1. The Balaban J connectivity index is 1.32. The summed E-state index contributed by atoms with van der Waals surface area (Å²) in [5.41, 5.74) is 6.20. The number of nitrogens with one attached hydrogen (secondary N) is 1. The van der Waals surface area contributed by atoms with Crippen molar-refractivity contribution in [3.05, 3.63) is 78.1 Å². The highest BCUT2D eigenvalue weighted by Crippen LogP contribution is 2.31. The molecule has 0 spiro atoms. The predicted octanol–water partition coefficient (Wildman–Crippen LogP) is 8.92. The Morgan fingerprint density at radius 3 is 2.60 bits per heavy atom. The highest BCUT2D eigenvalue weighted by Gasteiger charge is 2.15. The Kier molecular flexibility index (Phi) is 9.38. The number of para-hydroxylation sites is 1. The Morgan fingerprint density at radius 1 is 1.02 bits per heavy atom. The number of nitrogens with zero attached hydrogens (tertiary/aromatic N) is 2. The van der Waals surface area contributed by atoms with E-state index in [1.165, 1.54) is 50.5 Å². The van der Waals surface area contributed by atoms with E-state index >= 15 is 0 Å². The van der Waals surface area contributed by atoms with Crippen molar-refractivity contribution in [3.63, 3.8) is 0 Å². The van der Waals surface area contributed by atoms with Gasteiger partial charge in [-0.3, -0.25) is 0 Å². The summed E-state index contributed by atoms with van der Waals surface area (Å²) in [5.74, 6) is 2.38. The fourth-order valence-electron chi connectivity index (χ4n) is 5.94. The van der Waals surface area contributed by atoms with Crippen molar-refractivity contribution in [1.29, 1.82) is 0 Å². The van der Waals surface area contributed by atoms with Crippen molar-refractivity contribution in [2.24, 2.45) is 5.92 Å². The van der Waals surface area contributed by atoms with E-state index in [-0.39, 0.29) is 0 Å². The first-order valence-electron chi connectivity index (χ1n) is 14.9. The largest absolute Gasteiger partial charge is 0.511 e. The van der Waals surface area contributed by atoms with Gasteiger partial charge in [0.15, 0.2) is 0 Å². The monoisotopic (exact) mass is 539 g/mol. The summed E-state index contributed by atoms with van der Waals surface area (Å²) in [6.07, 6.45) is 11.5. The number of aryl methyl sites for hydroxylation is 1. The van der Waals surface area contributed by atoms with Gasteiger partial charge in [-0.1, -0.05) is 87.9 Å². The van der Waals surface area contributed by atoms with Crippen molar-refractivity contribution in [3.8, 4) is 16.9 Å². The summed E-state index contributed by atoms with van der Waals surface area (Å²) in [7, 11) is 0. The smallest absolute Gasteiger partial charge is 0.449 e. The van der Waals surface area contributed by atoms with Crippen LogP contribution in [0.25, 0.3) is 22.2 Å². The summed E-state index contributed by atoms with van der Waals surface area (Å²) in [5, 5.41) is 12.8. The number of benzene rings is 3. The summed E-state index contributed by atoms with van der Waals surface area (Å²) in [6, 6.07) is 22.1. The van der Waals surface area contributed by atoms with Gasteiger partial charge < -0.3 is 19.7 Å². The quantitative estimate of drug-likeness (QED) is 0.107. The maximum absolute atomic E-state index is 11.1. The number of carboxylic acid groups (broad SMARTS) is 1. The molecule has 4 aromatic rings. The van der Waals surface area contributed by atoms with Gasteiger partial charge in [0.1, 0.15) is 11.6 Å². The third-order valence-corrected chi connectivity index (χ3v) is 8.11. The van der Waals surface area contributed by atoms with E-state index in [1.54, 1.807) is 12.1 Å². The fourth-order valence-corrected chi connectivity index (χ4v) is 5.94. The number of hydrogen-bond acceptors (Lipinski definition) is 4. The van der Waals surface area contributed by atoms with E-state index in [0.717, 1.165) is 71.9 Å². The molecule has 1 saturated carbocycles. The first-order chi connectivity index (χ1) is 19.6. The van der Waals surface area contributed by atoms with Crippen LogP contribution in [0.1, 0.15) is 76.1 Å². The molecule has 1 fully saturated rings. The summed E-state index contributed by atoms with van der Waals surface area (Å²) < 4.78 is 7.35. The molecule has 210 valence electrons. The van der Waals surface area contributed by atoms with Gasteiger partial charge >= 0.3 is 6.16 Å². The van der Waals surface area contributed by atoms with Crippen LogP contribution in [0.2, 0.25) is 0 Å². The predicted molar refractivity (Wildman–Crippen MR) is 162 cm³/mol. The van der Waals surface area contributed by atoms with Crippen LogP contribution in [-0.2, 0) is 13.0 Å². The molecule has 1 heterocycles. The maximum Gasteiger partial charge on any atom is 0.511 e. The molecule has 0 amide bonds. The first-order valence-corrected chi connectivity index (χ1v) is 14.9. The van der Waals surface area contributed by atoms with Gasteiger partial charge in [0.05, 0.1) is 11.0 Å². The molecule has 6 heteroatoms. The van der Waals surface area contributed by atoms with Gasteiger partial charge in [0.2, 0.25) is 0 Å². The number of anilines is 1. The lowest BCUT2D eigenvalue weighted by Crippen LogP contribution is -2.09. The second kappa shape index (κ2) is 13.5. The number of imidazole rings is 1. The third-order valence-electron chi connectivity index (χ3n) is 8.11. The minimum atomic E-state index is -1.31. The van der Waals surface area contributed by atoms with Crippen LogP contribution in [0.5, 0.6) is 5.75 Å². The zero-order valence-electron chi connectivity index (χ0n) is 23.6. The fraction of sp³-hybridized carbons (Fsp3) is 0.412. The molecule has 6 nitrogen and oxygen atoms in total.